The number of aliphatic imine (C=N–C) groups is 1. The number of nitrogens with zero attached hydrogens (tertiary/aromatic N) is 2. The van der Waals surface area contributed by atoms with E-state index in [1.165, 1.54) is 0 Å². The Morgan fingerprint density at radius 2 is 2.11 bits per heavy atom. The molecule has 96 valence electrons. The second-order valence-corrected chi connectivity index (χ2v) is 4.65. The molecule has 0 bridgehead atoms. The highest BCUT2D eigenvalue weighted by Gasteiger charge is 2.27. The Morgan fingerprint density at radius 3 is 2.95 bits per heavy atom. The van der Waals surface area contributed by atoms with Crippen LogP contribution in [0.4, 0.5) is 0 Å². The number of carbonyl (C=O) groups excluding carboxylic acids is 1. The van der Waals surface area contributed by atoms with Crippen LogP contribution in [0.3, 0.4) is 0 Å². The summed E-state index contributed by atoms with van der Waals surface area (Å²) in [7, 11) is 0. The Hall–Kier alpha value is -2.23. The summed E-state index contributed by atoms with van der Waals surface area (Å²) >= 11 is 0. The van der Waals surface area contributed by atoms with Crippen molar-refractivity contribution >= 4 is 22.5 Å². The number of rotatable bonds is 3. The molecule has 1 aliphatic heterocycles. The van der Waals surface area contributed by atoms with Crippen molar-refractivity contribution in [1.82, 2.24) is 10.3 Å². The Morgan fingerprint density at radius 1 is 1.26 bits per heavy atom. The van der Waals surface area contributed by atoms with Crippen LogP contribution in [0.25, 0.3) is 10.8 Å². The van der Waals surface area contributed by atoms with E-state index >= 15 is 0 Å². The number of hydrogen-bond acceptors (Lipinski definition) is 3. The van der Waals surface area contributed by atoms with E-state index in [4.69, 9.17) is 0 Å². The zero-order chi connectivity index (χ0) is 13.2. The Balaban J connectivity index is 2.06. The molecule has 3 rings (SSSR count). The first kappa shape index (κ1) is 11.8. The third-order valence-electron chi connectivity index (χ3n) is 3.29. The molecule has 1 N–H and O–H groups in total. The number of benzene rings is 1. The van der Waals surface area contributed by atoms with E-state index in [9.17, 15) is 4.79 Å². The average molecular weight is 253 g/mol. The van der Waals surface area contributed by atoms with Gasteiger partial charge in [0.25, 0.3) is 0 Å². The minimum absolute atomic E-state index is 0.0217. The summed E-state index contributed by atoms with van der Waals surface area (Å²) in [4.78, 5) is 20.7. The largest absolute Gasteiger partial charge is 0.307 e. The van der Waals surface area contributed by atoms with Gasteiger partial charge in [-0.05, 0) is 17.9 Å². The molecule has 2 heterocycles. The molecule has 0 saturated carbocycles. The molecule has 1 aromatic heterocycles. The van der Waals surface area contributed by atoms with Crippen molar-refractivity contribution in [2.45, 2.75) is 25.8 Å². The van der Waals surface area contributed by atoms with Crippen LogP contribution in [0.2, 0.25) is 0 Å². The molecule has 19 heavy (non-hydrogen) atoms. The first-order valence-corrected chi connectivity index (χ1v) is 6.52. The van der Waals surface area contributed by atoms with Gasteiger partial charge in [-0.25, -0.2) is 0 Å². The Bertz CT molecular complexity index is 658. The zero-order valence-corrected chi connectivity index (χ0v) is 10.8. The molecule has 0 fully saturated rings. The van der Waals surface area contributed by atoms with Crippen LogP contribution in [0.5, 0.6) is 0 Å². The standard InChI is InChI=1S/C15H15N3O/c1-2-5-12-15(19)18-14(17-12)13-11-7-4-3-6-10(11)8-9-16-13/h3-4,6-9,12H,2,5H2,1H3,(H,17,18,19). The number of hydrogen-bond donors (Lipinski definition) is 1. The maximum Gasteiger partial charge on any atom is 0.250 e. The highest BCUT2D eigenvalue weighted by atomic mass is 16.2. The molecule has 2 aromatic rings. The Kier molecular flexibility index (Phi) is 2.99. The van der Waals surface area contributed by atoms with Crippen molar-refractivity contribution in [1.29, 1.82) is 0 Å². The predicted octanol–water partition coefficient (Wildman–Crippen LogP) is 2.28. The minimum atomic E-state index is -0.263. The van der Waals surface area contributed by atoms with Gasteiger partial charge in [0, 0.05) is 11.6 Å². The van der Waals surface area contributed by atoms with Gasteiger partial charge >= 0.3 is 0 Å². The van der Waals surface area contributed by atoms with E-state index in [0.717, 1.165) is 29.3 Å². The van der Waals surface area contributed by atoms with E-state index in [0.29, 0.717) is 5.84 Å². The summed E-state index contributed by atoms with van der Waals surface area (Å²) in [6.07, 6.45) is 3.47. The smallest absolute Gasteiger partial charge is 0.250 e. The number of carbonyl (C=O) groups is 1. The molecular weight excluding hydrogens is 238 g/mol. The maximum absolute atomic E-state index is 11.8. The fourth-order valence-corrected chi connectivity index (χ4v) is 2.34. The van der Waals surface area contributed by atoms with E-state index in [1.807, 2.05) is 30.3 Å². The number of amides is 1. The topological polar surface area (TPSA) is 54.4 Å². The molecule has 1 aliphatic rings. The highest BCUT2D eigenvalue weighted by Crippen LogP contribution is 2.19. The van der Waals surface area contributed by atoms with Crippen LogP contribution < -0.4 is 5.32 Å². The lowest BCUT2D eigenvalue weighted by Crippen LogP contribution is -2.29. The zero-order valence-electron chi connectivity index (χ0n) is 10.8. The first-order valence-electron chi connectivity index (χ1n) is 6.52. The third-order valence-corrected chi connectivity index (χ3v) is 3.29. The van der Waals surface area contributed by atoms with Crippen molar-refractivity contribution in [3.63, 3.8) is 0 Å². The molecule has 0 radical (unpaired) electrons. The Labute approximate surface area is 111 Å². The quantitative estimate of drug-likeness (QED) is 0.912. The van der Waals surface area contributed by atoms with Crippen molar-refractivity contribution in [3.8, 4) is 0 Å². The van der Waals surface area contributed by atoms with Gasteiger partial charge in [0.15, 0.2) is 5.84 Å². The molecule has 1 atom stereocenters. The first-order chi connectivity index (χ1) is 9.29. The summed E-state index contributed by atoms with van der Waals surface area (Å²) in [5.74, 6) is 0.576. The van der Waals surface area contributed by atoms with Crippen molar-refractivity contribution in [2.24, 2.45) is 4.99 Å². The van der Waals surface area contributed by atoms with Crippen molar-refractivity contribution < 1.29 is 4.79 Å². The SMILES string of the molecule is CCCC1N=C(c2nccc3ccccc23)NC1=O. The summed E-state index contributed by atoms with van der Waals surface area (Å²) in [5, 5.41) is 4.96. The van der Waals surface area contributed by atoms with Gasteiger partial charge in [-0.15, -0.1) is 0 Å². The van der Waals surface area contributed by atoms with Crippen molar-refractivity contribution in [3.05, 3.63) is 42.2 Å². The molecule has 0 spiro atoms. The number of fused-ring (bicyclic) bond motifs is 1. The number of aromatic nitrogens is 1. The number of amidine groups is 1. The summed E-state index contributed by atoms with van der Waals surface area (Å²) in [6, 6.07) is 9.68. The number of nitrogens with one attached hydrogen (secondary N) is 1. The van der Waals surface area contributed by atoms with Gasteiger partial charge in [-0.1, -0.05) is 37.6 Å². The van der Waals surface area contributed by atoms with Gasteiger partial charge in [0.05, 0.1) is 0 Å². The van der Waals surface area contributed by atoms with Gasteiger partial charge in [0.2, 0.25) is 5.91 Å². The molecule has 1 amide bonds. The van der Waals surface area contributed by atoms with E-state index < -0.39 is 0 Å². The lowest BCUT2D eigenvalue weighted by atomic mass is 10.1. The van der Waals surface area contributed by atoms with Gasteiger partial charge in [-0.3, -0.25) is 14.8 Å². The molecule has 1 unspecified atom stereocenters. The van der Waals surface area contributed by atoms with E-state index in [-0.39, 0.29) is 11.9 Å². The van der Waals surface area contributed by atoms with Crippen molar-refractivity contribution in [2.75, 3.05) is 0 Å². The minimum Gasteiger partial charge on any atom is -0.307 e. The second-order valence-electron chi connectivity index (χ2n) is 4.65. The average Bonchev–Trinajstić information content (AvgIpc) is 2.80. The van der Waals surface area contributed by atoms with Crippen LogP contribution in [0.15, 0.2) is 41.5 Å². The fraction of sp³-hybridized carbons (Fsp3) is 0.267. The molecule has 4 nitrogen and oxygen atoms in total. The summed E-state index contributed by atoms with van der Waals surface area (Å²) < 4.78 is 0. The number of pyridine rings is 1. The van der Waals surface area contributed by atoms with Crippen LogP contribution >= 0.6 is 0 Å². The van der Waals surface area contributed by atoms with E-state index in [1.54, 1.807) is 6.20 Å². The molecule has 0 aliphatic carbocycles. The normalized spacial score (nSPS) is 18.5. The van der Waals surface area contributed by atoms with Crippen LogP contribution in [-0.2, 0) is 4.79 Å². The summed E-state index contributed by atoms with van der Waals surface area (Å²) in [6.45, 7) is 2.05. The van der Waals surface area contributed by atoms with E-state index in [2.05, 4.69) is 22.2 Å². The fourth-order valence-electron chi connectivity index (χ4n) is 2.34. The lowest BCUT2D eigenvalue weighted by molar-refractivity contribution is -0.120. The van der Waals surface area contributed by atoms with Gasteiger partial charge < -0.3 is 5.32 Å². The predicted molar refractivity (Wildman–Crippen MR) is 75.1 cm³/mol. The van der Waals surface area contributed by atoms with Gasteiger partial charge in [0.1, 0.15) is 11.7 Å². The second kappa shape index (κ2) is 4.80. The van der Waals surface area contributed by atoms with Crippen LogP contribution in [-0.4, -0.2) is 22.8 Å². The van der Waals surface area contributed by atoms with Gasteiger partial charge in [-0.2, -0.15) is 0 Å². The monoisotopic (exact) mass is 253 g/mol. The highest BCUT2D eigenvalue weighted by molar-refractivity contribution is 6.17. The molecule has 1 aromatic carbocycles. The van der Waals surface area contributed by atoms with Crippen LogP contribution in [0.1, 0.15) is 25.5 Å². The van der Waals surface area contributed by atoms with Crippen LogP contribution in [0, 0.1) is 0 Å². The summed E-state index contributed by atoms with van der Waals surface area (Å²) in [5.41, 5.74) is 0.755. The maximum atomic E-state index is 11.8. The lowest BCUT2D eigenvalue weighted by Gasteiger charge is -2.04. The third kappa shape index (κ3) is 2.10. The molecular formula is C15H15N3O. The molecule has 0 saturated heterocycles. The molecule has 4 heteroatoms.